The fraction of sp³-hybridized carbons (Fsp3) is 0.222. The van der Waals surface area contributed by atoms with Crippen molar-refractivity contribution < 1.29 is 9.59 Å². The van der Waals surface area contributed by atoms with Gasteiger partial charge in [0.2, 0.25) is 0 Å². The van der Waals surface area contributed by atoms with Crippen molar-refractivity contribution in [3.8, 4) is 5.69 Å². The Morgan fingerprint density at radius 2 is 1.88 bits per heavy atom. The van der Waals surface area contributed by atoms with Crippen LogP contribution in [0.25, 0.3) is 11.8 Å². The number of aromatic nitrogens is 1. The van der Waals surface area contributed by atoms with E-state index in [0.717, 1.165) is 22.6 Å². The van der Waals surface area contributed by atoms with Crippen LogP contribution in [0.2, 0.25) is 10.0 Å². The summed E-state index contributed by atoms with van der Waals surface area (Å²) in [6.45, 7) is 5.96. The van der Waals surface area contributed by atoms with Crippen LogP contribution in [0.5, 0.6) is 0 Å². The first-order chi connectivity index (χ1) is 11.8. The molecule has 1 saturated heterocycles. The monoisotopic (exact) mass is 377 g/mol. The van der Waals surface area contributed by atoms with Crippen molar-refractivity contribution in [1.82, 2.24) is 14.8 Å². The second-order valence-corrected chi connectivity index (χ2v) is 6.64. The van der Waals surface area contributed by atoms with Gasteiger partial charge in [0.15, 0.2) is 0 Å². The Labute approximate surface area is 155 Å². The topological polar surface area (TPSA) is 54.3 Å². The largest absolute Gasteiger partial charge is 0.328 e. The van der Waals surface area contributed by atoms with E-state index in [-0.39, 0.29) is 11.6 Å². The molecule has 7 heteroatoms. The number of carbonyl (C=O) groups excluding carboxylic acids is 2. The summed E-state index contributed by atoms with van der Waals surface area (Å²) < 4.78 is 1.97. The Morgan fingerprint density at radius 1 is 1.16 bits per heavy atom. The Hall–Kier alpha value is -2.24. The minimum Gasteiger partial charge on any atom is -0.316 e. The van der Waals surface area contributed by atoms with E-state index < -0.39 is 6.03 Å². The van der Waals surface area contributed by atoms with E-state index in [1.54, 1.807) is 31.2 Å². The Kier molecular flexibility index (Phi) is 4.62. The Bertz CT molecular complexity index is 915. The average Bonchev–Trinajstić information content (AvgIpc) is 2.98. The fourth-order valence-corrected chi connectivity index (χ4v) is 3.34. The van der Waals surface area contributed by atoms with E-state index in [9.17, 15) is 9.59 Å². The standard InChI is InChI=1S/C18H17Cl2N3O2/c1-4-22-17(24)15(21-18(22)25)8-12-7-10(2)23(11(12)3)16-9-13(19)5-6-14(16)20/h5-9H,4H2,1-3H3,(H,21,25)/b15-8+. The van der Waals surface area contributed by atoms with Gasteiger partial charge in [-0.05, 0) is 56.7 Å². The van der Waals surface area contributed by atoms with Crippen LogP contribution in [0, 0.1) is 13.8 Å². The van der Waals surface area contributed by atoms with E-state index >= 15 is 0 Å². The molecule has 2 aromatic rings. The number of amides is 3. The van der Waals surface area contributed by atoms with Gasteiger partial charge < -0.3 is 9.88 Å². The number of hydrogen-bond donors (Lipinski definition) is 1. The summed E-state index contributed by atoms with van der Waals surface area (Å²) in [4.78, 5) is 25.2. The molecule has 5 nitrogen and oxygen atoms in total. The van der Waals surface area contributed by atoms with E-state index in [1.807, 2.05) is 24.5 Å². The van der Waals surface area contributed by atoms with E-state index in [0.29, 0.717) is 16.6 Å². The van der Waals surface area contributed by atoms with Crippen LogP contribution in [0.1, 0.15) is 23.9 Å². The van der Waals surface area contributed by atoms with Crippen molar-refractivity contribution >= 4 is 41.2 Å². The number of nitrogens with zero attached hydrogens (tertiary/aromatic N) is 2. The minimum atomic E-state index is -0.398. The summed E-state index contributed by atoms with van der Waals surface area (Å²) >= 11 is 12.4. The zero-order chi connectivity index (χ0) is 18.3. The highest BCUT2D eigenvalue weighted by atomic mass is 35.5. The molecule has 3 amide bonds. The van der Waals surface area contributed by atoms with Crippen molar-refractivity contribution in [1.29, 1.82) is 0 Å². The number of imide groups is 1. The van der Waals surface area contributed by atoms with Gasteiger partial charge in [-0.15, -0.1) is 0 Å². The van der Waals surface area contributed by atoms with Gasteiger partial charge in [-0.25, -0.2) is 4.79 Å². The third-order valence-corrected chi connectivity index (χ3v) is 4.75. The lowest BCUT2D eigenvalue weighted by Gasteiger charge is -2.12. The molecule has 2 heterocycles. The number of benzene rings is 1. The minimum absolute atomic E-state index is 0.268. The van der Waals surface area contributed by atoms with Crippen LogP contribution in [0.4, 0.5) is 4.79 Å². The van der Waals surface area contributed by atoms with Gasteiger partial charge in [0.25, 0.3) is 5.91 Å². The van der Waals surface area contributed by atoms with E-state index in [2.05, 4.69) is 5.32 Å². The van der Waals surface area contributed by atoms with Gasteiger partial charge in [0.1, 0.15) is 5.70 Å². The molecule has 1 aliphatic rings. The Morgan fingerprint density at radius 3 is 2.52 bits per heavy atom. The highest BCUT2D eigenvalue weighted by molar-refractivity contribution is 6.34. The molecule has 1 N–H and O–H groups in total. The summed E-state index contributed by atoms with van der Waals surface area (Å²) in [6, 6.07) is 6.81. The summed E-state index contributed by atoms with van der Waals surface area (Å²) in [5.41, 5.74) is 3.70. The zero-order valence-electron chi connectivity index (χ0n) is 14.1. The maximum atomic E-state index is 12.3. The molecule has 1 aliphatic heterocycles. The first-order valence-corrected chi connectivity index (χ1v) is 8.58. The van der Waals surface area contributed by atoms with Crippen molar-refractivity contribution in [3.63, 3.8) is 0 Å². The molecule has 0 saturated carbocycles. The van der Waals surface area contributed by atoms with Crippen molar-refractivity contribution in [2.24, 2.45) is 0 Å². The number of carbonyl (C=O) groups is 2. The molecule has 1 aromatic heterocycles. The molecule has 0 spiro atoms. The van der Waals surface area contributed by atoms with Crippen molar-refractivity contribution in [2.45, 2.75) is 20.8 Å². The highest BCUT2D eigenvalue weighted by Gasteiger charge is 2.32. The van der Waals surface area contributed by atoms with Crippen LogP contribution in [-0.2, 0) is 4.79 Å². The Balaban J connectivity index is 2.07. The van der Waals surface area contributed by atoms with Crippen LogP contribution in [0.3, 0.4) is 0 Å². The van der Waals surface area contributed by atoms with Crippen LogP contribution >= 0.6 is 23.2 Å². The second kappa shape index (κ2) is 6.58. The first-order valence-electron chi connectivity index (χ1n) is 7.82. The fourth-order valence-electron chi connectivity index (χ4n) is 2.98. The number of rotatable bonds is 3. The lowest BCUT2D eigenvalue weighted by atomic mass is 10.2. The summed E-state index contributed by atoms with van der Waals surface area (Å²) in [5.74, 6) is -0.321. The molecule has 0 aliphatic carbocycles. The molecule has 1 aromatic carbocycles. The van der Waals surface area contributed by atoms with Crippen LogP contribution < -0.4 is 5.32 Å². The number of aryl methyl sites for hydroxylation is 1. The number of hydrogen-bond acceptors (Lipinski definition) is 2. The molecule has 0 bridgehead atoms. The zero-order valence-corrected chi connectivity index (χ0v) is 15.6. The third kappa shape index (κ3) is 3.05. The normalized spacial score (nSPS) is 16.0. The first kappa shape index (κ1) is 17.6. The average molecular weight is 378 g/mol. The van der Waals surface area contributed by atoms with Gasteiger partial charge >= 0.3 is 6.03 Å². The molecule has 3 rings (SSSR count). The molecular formula is C18H17Cl2N3O2. The van der Waals surface area contributed by atoms with Gasteiger partial charge in [-0.2, -0.15) is 0 Å². The van der Waals surface area contributed by atoms with Gasteiger partial charge in [-0.3, -0.25) is 9.69 Å². The predicted molar refractivity (Wildman–Crippen MR) is 99.2 cm³/mol. The van der Waals surface area contributed by atoms with Crippen molar-refractivity contribution in [2.75, 3.05) is 6.54 Å². The molecule has 1 fully saturated rings. The second-order valence-electron chi connectivity index (χ2n) is 5.80. The number of likely N-dealkylation sites (N-methyl/N-ethyl adjacent to an activating group) is 1. The number of urea groups is 1. The number of nitrogens with one attached hydrogen (secondary N) is 1. The number of halogens is 2. The van der Waals surface area contributed by atoms with Gasteiger partial charge in [-0.1, -0.05) is 23.2 Å². The molecule has 0 radical (unpaired) electrons. The summed E-state index contributed by atoms with van der Waals surface area (Å²) in [5, 5.41) is 3.77. The molecule has 25 heavy (non-hydrogen) atoms. The molecule has 130 valence electrons. The third-order valence-electron chi connectivity index (χ3n) is 4.20. The van der Waals surface area contributed by atoms with Gasteiger partial charge in [0, 0.05) is 23.0 Å². The van der Waals surface area contributed by atoms with E-state index in [4.69, 9.17) is 23.2 Å². The van der Waals surface area contributed by atoms with Crippen LogP contribution in [-0.4, -0.2) is 28.0 Å². The molecular weight excluding hydrogens is 361 g/mol. The quantitative estimate of drug-likeness (QED) is 0.639. The van der Waals surface area contributed by atoms with Crippen LogP contribution in [0.15, 0.2) is 30.0 Å². The molecule has 0 atom stereocenters. The summed E-state index contributed by atoms with van der Waals surface area (Å²) in [6.07, 6.45) is 1.69. The smallest absolute Gasteiger partial charge is 0.316 e. The van der Waals surface area contributed by atoms with Gasteiger partial charge in [0.05, 0.1) is 10.7 Å². The SMILES string of the molecule is CCN1C(=O)N/C(=C/c2cc(C)n(-c3cc(Cl)ccc3Cl)c2C)C1=O. The lowest BCUT2D eigenvalue weighted by molar-refractivity contribution is -0.122. The predicted octanol–water partition coefficient (Wildman–Crippen LogP) is 4.31. The summed E-state index contributed by atoms with van der Waals surface area (Å²) in [7, 11) is 0. The maximum Gasteiger partial charge on any atom is 0.328 e. The highest BCUT2D eigenvalue weighted by Crippen LogP contribution is 2.30. The lowest BCUT2D eigenvalue weighted by Crippen LogP contribution is -2.30. The van der Waals surface area contributed by atoms with E-state index in [1.165, 1.54) is 4.90 Å². The maximum absolute atomic E-state index is 12.3. The molecule has 0 unspecified atom stereocenters. The van der Waals surface area contributed by atoms with Crippen molar-refractivity contribution in [3.05, 3.63) is 57.0 Å².